The summed E-state index contributed by atoms with van der Waals surface area (Å²) in [6, 6.07) is -0.303. The van der Waals surface area contributed by atoms with Crippen molar-refractivity contribution in [1.82, 2.24) is 5.32 Å². The number of carboxylic acids is 1. The summed E-state index contributed by atoms with van der Waals surface area (Å²) in [4.78, 5) is 10.8. The molecule has 0 aromatic carbocycles. The van der Waals surface area contributed by atoms with Gasteiger partial charge in [-0.2, -0.15) is 11.8 Å². The van der Waals surface area contributed by atoms with E-state index in [1.165, 1.54) is 24.3 Å². The van der Waals surface area contributed by atoms with Crippen molar-refractivity contribution in [3.8, 4) is 0 Å². The van der Waals surface area contributed by atoms with Crippen LogP contribution in [0.4, 0.5) is 0 Å². The maximum atomic E-state index is 10.8. The Bertz CT molecular complexity index is 199. The average Bonchev–Trinajstić information content (AvgIpc) is 2.25. The maximum absolute atomic E-state index is 10.8. The van der Waals surface area contributed by atoms with Crippen molar-refractivity contribution in [2.45, 2.75) is 38.6 Å². The van der Waals surface area contributed by atoms with Crippen molar-refractivity contribution < 1.29 is 9.90 Å². The predicted octanol–water partition coefficient (Wildman–Crippen LogP) is 1.97. The summed E-state index contributed by atoms with van der Waals surface area (Å²) in [5, 5.41) is 11.9. The first-order valence-corrected chi connectivity index (χ1v) is 6.93. The van der Waals surface area contributed by atoms with Gasteiger partial charge < -0.3 is 10.4 Å². The molecule has 2 unspecified atom stereocenters. The molecule has 88 valence electrons. The molecule has 1 fully saturated rings. The second-order valence-corrected chi connectivity index (χ2v) is 5.47. The molecule has 1 aliphatic heterocycles. The molecular weight excluding hydrogens is 210 g/mol. The number of rotatable bonds is 6. The number of hydrogen-bond donors (Lipinski definition) is 2. The maximum Gasteiger partial charge on any atom is 0.320 e. The Kier molecular flexibility index (Phi) is 6.10. The molecule has 0 bridgehead atoms. The summed E-state index contributed by atoms with van der Waals surface area (Å²) in [7, 11) is 0. The van der Waals surface area contributed by atoms with Gasteiger partial charge in [0.05, 0.1) is 0 Å². The zero-order chi connectivity index (χ0) is 11.1. The molecule has 0 saturated carbocycles. The standard InChI is InChI=1S/C11H21NO2S/c1-2-15-7-3-4-9-5-6-12-10(8-9)11(13)14/h9-10,12H,2-8H2,1H3,(H,13,14). The van der Waals surface area contributed by atoms with E-state index in [9.17, 15) is 4.79 Å². The van der Waals surface area contributed by atoms with E-state index >= 15 is 0 Å². The highest BCUT2D eigenvalue weighted by molar-refractivity contribution is 7.99. The van der Waals surface area contributed by atoms with Gasteiger partial charge in [0.1, 0.15) is 6.04 Å². The number of aliphatic carboxylic acids is 1. The van der Waals surface area contributed by atoms with E-state index in [1.54, 1.807) is 0 Å². The molecule has 0 aliphatic carbocycles. The van der Waals surface area contributed by atoms with Crippen molar-refractivity contribution in [2.24, 2.45) is 5.92 Å². The Morgan fingerprint density at radius 1 is 1.60 bits per heavy atom. The van der Waals surface area contributed by atoms with Gasteiger partial charge in [0.15, 0.2) is 0 Å². The van der Waals surface area contributed by atoms with Gasteiger partial charge in [-0.05, 0) is 49.7 Å². The first-order chi connectivity index (χ1) is 7.24. The van der Waals surface area contributed by atoms with Crippen LogP contribution in [-0.4, -0.2) is 35.2 Å². The molecule has 1 rings (SSSR count). The van der Waals surface area contributed by atoms with Crippen LogP contribution in [0.5, 0.6) is 0 Å². The molecule has 0 radical (unpaired) electrons. The summed E-state index contributed by atoms with van der Waals surface area (Å²) >= 11 is 1.97. The molecule has 0 aromatic rings. The van der Waals surface area contributed by atoms with Gasteiger partial charge in [0.25, 0.3) is 0 Å². The molecule has 0 spiro atoms. The minimum absolute atomic E-state index is 0.303. The summed E-state index contributed by atoms with van der Waals surface area (Å²) in [5.41, 5.74) is 0. The highest BCUT2D eigenvalue weighted by Crippen LogP contribution is 2.22. The van der Waals surface area contributed by atoms with Gasteiger partial charge in [-0.25, -0.2) is 0 Å². The molecule has 3 nitrogen and oxygen atoms in total. The summed E-state index contributed by atoms with van der Waals surface area (Å²) in [5.74, 6) is 2.33. The zero-order valence-electron chi connectivity index (χ0n) is 9.37. The van der Waals surface area contributed by atoms with Crippen molar-refractivity contribution in [3.05, 3.63) is 0 Å². The summed E-state index contributed by atoms with van der Waals surface area (Å²) in [6.45, 7) is 3.04. The number of thioether (sulfide) groups is 1. The first-order valence-electron chi connectivity index (χ1n) is 5.78. The van der Waals surface area contributed by atoms with Crippen LogP contribution >= 0.6 is 11.8 Å². The smallest absolute Gasteiger partial charge is 0.320 e. The Morgan fingerprint density at radius 3 is 3.07 bits per heavy atom. The number of piperidine rings is 1. The molecule has 2 atom stereocenters. The number of nitrogens with one attached hydrogen (secondary N) is 1. The van der Waals surface area contributed by atoms with E-state index in [0.29, 0.717) is 5.92 Å². The summed E-state index contributed by atoms with van der Waals surface area (Å²) < 4.78 is 0. The van der Waals surface area contributed by atoms with Gasteiger partial charge in [-0.1, -0.05) is 6.92 Å². The van der Waals surface area contributed by atoms with Crippen LogP contribution in [0, 0.1) is 5.92 Å². The molecule has 15 heavy (non-hydrogen) atoms. The number of carboxylic acid groups (broad SMARTS) is 1. The van der Waals surface area contributed by atoms with E-state index in [-0.39, 0.29) is 6.04 Å². The Balaban J connectivity index is 2.15. The fourth-order valence-electron chi connectivity index (χ4n) is 2.06. The fraction of sp³-hybridized carbons (Fsp3) is 0.909. The molecular formula is C11H21NO2S. The van der Waals surface area contributed by atoms with Crippen LogP contribution in [0.2, 0.25) is 0 Å². The Labute approximate surface area is 96.0 Å². The highest BCUT2D eigenvalue weighted by atomic mass is 32.2. The van der Waals surface area contributed by atoms with Crippen LogP contribution in [0.1, 0.15) is 32.6 Å². The lowest BCUT2D eigenvalue weighted by atomic mass is 9.89. The SMILES string of the molecule is CCSCCCC1CCNC(C(=O)O)C1. The topological polar surface area (TPSA) is 49.3 Å². The third kappa shape index (κ3) is 4.89. The molecule has 0 amide bonds. The van der Waals surface area contributed by atoms with Crippen molar-refractivity contribution in [3.63, 3.8) is 0 Å². The first kappa shape index (κ1) is 12.8. The molecule has 1 saturated heterocycles. The molecule has 0 aromatic heterocycles. The van der Waals surface area contributed by atoms with Crippen LogP contribution in [-0.2, 0) is 4.79 Å². The van der Waals surface area contributed by atoms with Crippen LogP contribution in [0.25, 0.3) is 0 Å². The third-order valence-corrected chi connectivity index (χ3v) is 3.90. The van der Waals surface area contributed by atoms with Crippen molar-refractivity contribution in [2.75, 3.05) is 18.1 Å². The Morgan fingerprint density at radius 2 is 2.40 bits per heavy atom. The van der Waals surface area contributed by atoms with Gasteiger partial charge in [0, 0.05) is 0 Å². The van der Waals surface area contributed by atoms with Crippen LogP contribution in [0.3, 0.4) is 0 Å². The van der Waals surface area contributed by atoms with E-state index in [0.717, 1.165) is 19.4 Å². The molecule has 1 heterocycles. The molecule has 2 N–H and O–H groups in total. The highest BCUT2D eigenvalue weighted by Gasteiger charge is 2.25. The molecule has 1 aliphatic rings. The van der Waals surface area contributed by atoms with Crippen molar-refractivity contribution in [1.29, 1.82) is 0 Å². The van der Waals surface area contributed by atoms with Crippen LogP contribution < -0.4 is 5.32 Å². The predicted molar refractivity (Wildman–Crippen MR) is 64.4 cm³/mol. The minimum atomic E-state index is -0.692. The van der Waals surface area contributed by atoms with E-state index < -0.39 is 5.97 Å². The number of carbonyl (C=O) groups is 1. The second-order valence-electron chi connectivity index (χ2n) is 4.07. The quantitative estimate of drug-likeness (QED) is 0.686. The number of hydrogen-bond acceptors (Lipinski definition) is 3. The third-order valence-electron chi connectivity index (χ3n) is 2.92. The minimum Gasteiger partial charge on any atom is -0.480 e. The van der Waals surface area contributed by atoms with E-state index in [2.05, 4.69) is 12.2 Å². The van der Waals surface area contributed by atoms with Crippen molar-refractivity contribution >= 4 is 17.7 Å². The lowest BCUT2D eigenvalue weighted by Gasteiger charge is -2.27. The van der Waals surface area contributed by atoms with Gasteiger partial charge in [-0.3, -0.25) is 4.79 Å². The largest absolute Gasteiger partial charge is 0.480 e. The second kappa shape index (κ2) is 7.12. The normalized spacial score (nSPS) is 26.5. The average molecular weight is 231 g/mol. The van der Waals surface area contributed by atoms with Crippen LogP contribution in [0.15, 0.2) is 0 Å². The van der Waals surface area contributed by atoms with E-state index in [4.69, 9.17) is 5.11 Å². The Hall–Kier alpha value is -0.220. The van der Waals surface area contributed by atoms with Gasteiger partial charge in [0.2, 0.25) is 0 Å². The lowest BCUT2D eigenvalue weighted by molar-refractivity contribution is -0.140. The fourth-order valence-corrected chi connectivity index (χ4v) is 2.72. The zero-order valence-corrected chi connectivity index (χ0v) is 10.2. The summed E-state index contributed by atoms with van der Waals surface area (Å²) in [6.07, 6.45) is 4.38. The van der Waals surface area contributed by atoms with E-state index in [1.807, 2.05) is 11.8 Å². The van der Waals surface area contributed by atoms with Gasteiger partial charge in [-0.15, -0.1) is 0 Å². The molecule has 4 heteroatoms. The lowest BCUT2D eigenvalue weighted by Crippen LogP contribution is -2.43. The monoisotopic (exact) mass is 231 g/mol. The van der Waals surface area contributed by atoms with Gasteiger partial charge >= 0.3 is 5.97 Å².